The van der Waals surface area contributed by atoms with Gasteiger partial charge in [-0.25, -0.2) is 4.79 Å². The lowest BCUT2D eigenvalue weighted by Crippen LogP contribution is -2.64. The summed E-state index contributed by atoms with van der Waals surface area (Å²) in [6.45, 7) is 0. The van der Waals surface area contributed by atoms with E-state index in [2.05, 4.69) is 0 Å². The van der Waals surface area contributed by atoms with Gasteiger partial charge in [-0.3, -0.25) is 4.79 Å². The highest BCUT2D eigenvalue weighted by molar-refractivity contribution is 5.85. The van der Waals surface area contributed by atoms with E-state index in [0.29, 0.717) is 19.3 Å². The third-order valence-corrected chi connectivity index (χ3v) is 6.28. The number of rotatable bonds is 1. The molecule has 2 saturated heterocycles. The average molecular weight is 330 g/mol. The topological polar surface area (TPSA) is 86.0 Å². The number of carbonyl (C=O) groups excluding carboxylic acids is 2. The Hall–Kier alpha value is -2.08. The zero-order chi connectivity index (χ0) is 16.5. The first kappa shape index (κ1) is 14.3. The monoisotopic (exact) mass is 330 g/mol. The maximum atomic E-state index is 12.5. The molecule has 126 valence electrons. The van der Waals surface area contributed by atoms with Gasteiger partial charge in [-0.1, -0.05) is 0 Å². The Morgan fingerprint density at radius 1 is 1.21 bits per heavy atom. The highest BCUT2D eigenvalue weighted by Crippen LogP contribution is 2.56. The largest absolute Gasteiger partial charge is 0.472 e. The number of ether oxygens (including phenoxy) is 2. The molecule has 7 atom stereocenters. The fraction of sp³-hybridized carbons (Fsp3) is 0.556. The molecule has 6 rings (SSSR count). The lowest BCUT2D eigenvalue weighted by molar-refractivity contribution is -0.216. The minimum Gasteiger partial charge on any atom is -0.472 e. The standard InChI is InChI=1S/C18H18O6/c19-16-10-1-2-12-15(13-3-5-18(12,21)17(20)24-13)11(10)7-14(23-16)9-4-6-22-8-9/h3-6,8,10-15,21H,1-2,7H2. The van der Waals surface area contributed by atoms with Crippen LogP contribution in [0.2, 0.25) is 0 Å². The van der Waals surface area contributed by atoms with Gasteiger partial charge in [-0.15, -0.1) is 0 Å². The van der Waals surface area contributed by atoms with Crippen molar-refractivity contribution >= 4 is 11.9 Å². The maximum absolute atomic E-state index is 12.5. The molecule has 2 aliphatic carbocycles. The molecule has 0 spiro atoms. The molecular formula is C18H18O6. The second-order valence-electron chi connectivity index (χ2n) is 7.30. The quantitative estimate of drug-likeness (QED) is 0.624. The zero-order valence-electron chi connectivity index (χ0n) is 13.0. The summed E-state index contributed by atoms with van der Waals surface area (Å²) in [4.78, 5) is 24.6. The molecule has 1 aromatic rings. The van der Waals surface area contributed by atoms with Crippen molar-refractivity contribution in [3.05, 3.63) is 36.3 Å². The van der Waals surface area contributed by atoms with Gasteiger partial charge in [0, 0.05) is 17.4 Å². The van der Waals surface area contributed by atoms with Gasteiger partial charge >= 0.3 is 11.9 Å². The summed E-state index contributed by atoms with van der Waals surface area (Å²) in [5.74, 6) is -1.15. The minimum atomic E-state index is -1.54. The van der Waals surface area contributed by atoms with E-state index >= 15 is 0 Å². The predicted octanol–water partition coefficient (Wildman–Crippen LogP) is 1.75. The molecule has 1 aromatic heterocycles. The third-order valence-electron chi connectivity index (χ3n) is 6.28. The second kappa shape index (κ2) is 4.72. The van der Waals surface area contributed by atoms with Crippen LogP contribution >= 0.6 is 0 Å². The Morgan fingerprint density at radius 2 is 2.08 bits per heavy atom. The summed E-state index contributed by atoms with van der Waals surface area (Å²) < 4.78 is 16.2. The Balaban J connectivity index is 1.51. The van der Waals surface area contributed by atoms with Crippen molar-refractivity contribution in [3.63, 3.8) is 0 Å². The van der Waals surface area contributed by atoms with Gasteiger partial charge in [0.25, 0.3) is 0 Å². The molecule has 5 aliphatic rings. The van der Waals surface area contributed by atoms with Crippen LogP contribution in [0.5, 0.6) is 0 Å². The average Bonchev–Trinajstić information content (AvgIpc) is 3.10. The highest BCUT2D eigenvalue weighted by Gasteiger charge is 2.63. The van der Waals surface area contributed by atoms with Crippen molar-refractivity contribution < 1.29 is 28.6 Å². The van der Waals surface area contributed by atoms with Crippen LogP contribution in [-0.4, -0.2) is 28.8 Å². The van der Waals surface area contributed by atoms with Crippen LogP contribution in [-0.2, 0) is 19.1 Å². The van der Waals surface area contributed by atoms with Crippen LogP contribution in [0.1, 0.15) is 30.9 Å². The molecule has 0 amide bonds. The van der Waals surface area contributed by atoms with Crippen molar-refractivity contribution in [3.8, 4) is 0 Å². The number of esters is 2. The van der Waals surface area contributed by atoms with Gasteiger partial charge in [0.15, 0.2) is 5.60 Å². The van der Waals surface area contributed by atoms with E-state index in [0.717, 1.165) is 5.56 Å². The van der Waals surface area contributed by atoms with E-state index in [1.807, 2.05) is 0 Å². The predicted molar refractivity (Wildman–Crippen MR) is 79.3 cm³/mol. The summed E-state index contributed by atoms with van der Waals surface area (Å²) in [6.07, 6.45) is 7.74. The molecule has 6 heteroatoms. The molecule has 24 heavy (non-hydrogen) atoms. The SMILES string of the molecule is O=C1OC(c2ccoc2)CC2C1CCC1C2C2C=CC1(O)C(=O)O2. The smallest absolute Gasteiger partial charge is 0.343 e. The van der Waals surface area contributed by atoms with Crippen molar-refractivity contribution in [2.24, 2.45) is 23.7 Å². The van der Waals surface area contributed by atoms with E-state index in [4.69, 9.17) is 13.9 Å². The third kappa shape index (κ3) is 1.75. The van der Waals surface area contributed by atoms with Crippen LogP contribution in [0.25, 0.3) is 0 Å². The molecule has 0 aromatic carbocycles. The van der Waals surface area contributed by atoms with Gasteiger partial charge in [0.2, 0.25) is 0 Å². The first-order chi connectivity index (χ1) is 11.6. The van der Waals surface area contributed by atoms with E-state index in [1.165, 1.54) is 0 Å². The fourth-order valence-corrected chi connectivity index (χ4v) is 5.17. The molecule has 6 nitrogen and oxygen atoms in total. The lowest BCUT2D eigenvalue weighted by Gasteiger charge is -2.56. The van der Waals surface area contributed by atoms with Crippen molar-refractivity contribution in [1.82, 2.24) is 0 Å². The Bertz CT molecular complexity index is 722. The summed E-state index contributed by atoms with van der Waals surface area (Å²) in [5, 5.41) is 10.8. The minimum absolute atomic E-state index is 0.0273. The summed E-state index contributed by atoms with van der Waals surface area (Å²) in [7, 11) is 0. The van der Waals surface area contributed by atoms with Crippen LogP contribution in [0.3, 0.4) is 0 Å². The molecule has 4 heterocycles. The van der Waals surface area contributed by atoms with Gasteiger partial charge < -0.3 is 19.0 Å². The number of cyclic esters (lactones) is 1. The molecule has 7 unspecified atom stereocenters. The van der Waals surface area contributed by atoms with Crippen LogP contribution in [0, 0.1) is 23.7 Å². The number of fused-ring (bicyclic) bond motifs is 2. The molecule has 1 N–H and O–H groups in total. The van der Waals surface area contributed by atoms with E-state index in [1.54, 1.807) is 30.7 Å². The number of carbonyl (C=O) groups is 2. The molecule has 1 saturated carbocycles. The van der Waals surface area contributed by atoms with Gasteiger partial charge in [0.1, 0.15) is 12.2 Å². The molecule has 2 bridgehead atoms. The van der Waals surface area contributed by atoms with Gasteiger partial charge in [0.05, 0.1) is 18.4 Å². The molecule has 3 aliphatic heterocycles. The second-order valence-corrected chi connectivity index (χ2v) is 7.30. The Kier molecular flexibility index (Phi) is 2.81. The molecule has 3 fully saturated rings. The summed E-state index contributed by atoms with van der Waals surface area (Å²) in [6, 6.07) is 1.80. The fourth-order valence-electron chi connectivity index (χ4n) is 5.17. The van der Waals surface area contributed by atoms with Gasteiger partial charge in [-0.2, -0.15) is 0 Å². The van der Waals surface area contributed by atoms with E-state index < -0.39 is 11.6 Å². The highest BCUT2D eigenvalue weighted by atomic mass is 16.6. The molecule has 0 radical (unpaired) electrons. The number of hydrogen-bond donors (Lipinski definition) is 1. The normalized spacial score (nSPS) is 46.0. The first-order valence-corrected chi connectivity index (χ1v) is 8.43. The first-order valence-electron chi connectivity index (χ1n) is 8.43. The van der Waals surface area contributed by atoms with Gasteiger partial charge in [-0.05, 0) is 43.4 Å². The zero-order valence-corrected chi connectivity index (χ0v) is 13.0. The van der Waals surface area contributed by atoms with Crippen LogP contribution < -0.4 is 0 Å². The van der Waals surface area contributed by atoms with Crippen LogP contribution in [0.15, 0.2) is 35.2 Å². The number of furan rings is 1. The van der Waals surface area contributed by atoms with Crippen molar-refractivity contribution in [1.29, 1.82) is 0 Å². The number of aliphatic hydroxyl groups is 1. The summed E-state index contributed by atoms with van der Waals surface area (Å²) in [5.41, 5.74) is -0.701. The Labute approximate surface area is 138 Å². The van der Waals surface area contributed by atoms with Crippen molar-refractivity contribution in [2.45, 2.75) is 37.1 Å². The lowest BCUT2D eigenvalue weighted by atomic mass is 9.55. The number of hydrogen-bond acceptors (Lipinski definition) is 6. The van der Waals surface area contributed by atoms with Crippen LogP contribution in [0.4, 0.5) is 0 Å². The summed E-state index contributed by atoms with van der Waals surface area (Å²) >= 11 is 0. The van der Waals surface area contributed by atoms with Crippen molar-refractivity contribution in [2.75, 3.05) is 0 Å². The Morgan fingerprint density at radius 3 is 2.83 bits per heavy atom. The molecular weight excluding hydrogens is 312 g/mol. The maximum Gasteiger partial charge on any atom is 0.343 e. The van der Waals surface area contributed by atoms with E-state index in [9.17, 15) is 14.7 Å². The van der Waals surface area contributed by atoms with E-state index in [-0.39, 0.29) is 41.8 Å².